The van der Waals surface area contributed by atoms with Gasteiger partial charge in [-0.2, -0.15) is 0 Å². The van der Waals surface area contributed by atoms with Crippen molar-refractivity contribution in [1.29, 1.82) is 0 Å². The van der Waals surface area contributed by atoms with Gasteiger partial charge >= 0.3 is 0 Å². The Morgan fingerprint density at radius 2 is 1.73 bits per heavy atom. The fourth-order valence-electron chi connectivity index (χ4n) is 5.25. The zero-order valence-electron chi connectivity index (χ0n) is 18.6. The minimum absolute atomic E-state index is 0. The van der Waals surface area contributed by atoms with Gasteiger partial charge in [0.05, 0.1) is 0 Å². The summed E-state index contributed by atoms with van der Waals surface area (Å²) in [5, 5.41) is 2.87. The van der Waals surface area contributed by atoms with Crippen molar-refractivity contribution in [3.63, 3.8) is 0 Å². The minimum Gasteiger partial charge on any atom is -0.331 e. The molecule has 2 aliphatic rings. The van der Waals surface area contributed by atoms with E-state index in [0.29, 0.717) is 18.1 Å². The molecule has 0 bridgehead atoms. The number of piperidine rings is 1. The van der Waals surface area contributed by atoms with Crippen LogP contribution in [-0.4, -0.2) is 42.4 Å². The first-order chi connectivity index (χ1) is 15.5. The Bertz CT molecular complexity index is 1200. The van der Waals surface area contributed by atoms with E-state index in [2.05, 4.69) is 24.1 Å². The van der Waals surface area contributed by atoms with Crippen LogP contribution < -0.4 is 0 Å². The third-order valence-corrected chi connectivity index (χ3v) is 7.28. The third-order valence-electron chi connectivity index (χ3n) is 7.06. The molecule has 172 valence electrons. The zero-order valence-corrected chi connectivity index (χ0v) is 20.1. The summed E-state index contributed by atoms with van der Waals surface area (Å²) in [6.07, 6.45) is 3.78. The highest BCUT2D eigenvalue weighted by molar-refractivity contribution is 6.31. The Kier molecular flexibility index (Phi) is 6.81. The molecule has 2 heterocycles. The number of carbonyl (C=O) groups is 1. The first-order valence-electron chi connectivity index (χ1n) is 11.1. The first-order valence-corrected chi connectivity index (χ1v) is 11.5. The molecule has 0 saturated carbocycles. The van der Waals surface area contributed by atoms with Gasteiger partial charge < -0.3 is 9.80 Å². The van der Waals surface area contributed by atoms with Crippen LogP contribution >= 0.6 is 24.0 Å². The van der Waals surface area contributed by atoms with Crippen molar-refractivity contribution in [3.05, 3.63) is 94.3 Å². The van der Waals surface area contributed by atoms with Gasteiger partial charge in [0.2, 0.25) is 0 Å². The van der Waals surface area contributed by atoms with Crippen LogP contribution in [0, 0.1) is 5.82 Å². The molecule has 0 aromatic heterocycles. The van der Waals surface area contributed by atoms with E-state index < -0.39 is 0 Å². The van der Waals surface area contributed by atoms with Crippen LogP contribution in [0.5, 0.6) is 0 Å². The van der Waals surface area contributed by atoms with Gasteiger partial charge in [-0.25, -0.2) is 4.39 Å². The van der Waals surface area contributed by atoms with E-state index in [-0.39, 0.29) is 29.5 Å². The lowest BCUT2D eigenvalue weighted by Gasteiger charge is -2.42. The van der Waals surface area contributed by atoms with Crippen LogP contribution in [0.25, 0.3) is 10.8 Å². The Morgan fingerprint density at radius 1 is 1.03 bits per heavy atom. The lowest BCUT2D eigenvalue weighted by molar-refractivity contribution is -0.126. The summed E-state index contributed by atoms with van der Waals surface area (Å²) in [5.74, 6) is -0.180. The highest BCUT2D eigenvalue weighted by Crippen LogP contribution is 2.44. The Balaban J connectivity index is 0.00000259. The fraction of sp³-hybridized carbons (Fsp3) is 0.296. The van der Waals surface area contributed by atoms with E-state index in [9.17, 15) is 9.18 Å². The van der Waals surface area contributed by atoms with Gasteiger partial charge in [-0.3, -0.25) is 4.79 Å². The molecule has 1 fully saturated rings. The average molecular weight is 485 g/mol. The first kappa shape index (κ1) is 23.7. The van der Waals surface area contributed by atoms with Crippen LogP contribution in [0.2, 0.25) is 5.02 Å². The Morgan fingerprint density at radius 3 is 2.45 bits per heavy atom. The number of hydrogen-bond donors (Lipinski definition) is 0. The number of rotatable bonds is 4. The molecule has 1 saturated heterocycles. The van der Waals surface area contributed by atoms with Crippen molar-refractivity contribution in [2.24, 2.45) is 0 Å². The van der Waals surface area contributed by atoms with E-state index in [0.717, 1.165) is 53.4 Å². The molecule has 0 aliphatic carbocycles. The molecule has 33 heavy (non-hydrogen) atoms. The molecule has 0 N–H and O–H groups in total. The normalized spacial score (nSPS) is 18.3. The van der Waals surface area contributed by atoms with Gasteiger partial charge in [-0.15, -0.1) is 12.4 Å². The summed E-state index contributed by atoms with van der Waals surface area (Å²) in [6, 6.07) is 18.8. The minimum atomic E-state index is -0.373. The molecule has 5 rings (SSSR count). The van der Waals surface area contributed by atoms with Crippen molar-refractivity contribution in [2.45, 2.75) is 24.8 Å². The second kappa shape index (κ2) is 9.46. The van der Waals surface area contributed by atoms with Gasteiger partial charge in [0.25, 0.3) is 5.91 Å². The van der Waals surface area contributed by atoms with E-state index in [4.69, 9.17) is 11.6 Å². The van der Waals surface area contributed by atoms with Crippen LogP contribution in [-0.2, 0) is 16.8 Å². The molecule has 1 amide bonds. The van der Waals surface area contributed by atoms with E-state index in [1.165, 1.54) is 12.1 Å². The predicted octanol–water partition coefficient (Wildman–Crippen LogP) is 5.99. The monoisotopic (exact) mass is 484 g/mol. The number of likely N-dealkylation sites (tertiary alicyclic amines) is 1. The second-order valence-corrected chi connectivity index (χ2v) is 9.42. The van der Waals surface area contributed by atoms with E-state index in [1.807, 2.05) is 47.4 Å². The maximum absolute atomic E-state index is 13.7. The lowest BCUT2D eigenvalue weighted by atomic mass is 9.67. The molecule has 0 atom stereocenters. The van der Waals surface area contributed by atoms with Crippen LogP contribution in [0.15, 0.2) is 72.3 Å². The van der Waals surface area contributed by atoms with Crippen molar-refractivity contribution in [1.82, 2.24) is 9.80 Å². The SMILES string of the molecule is CN1CCC(C2=CCN(Cc3cc(Cl)cc4ccccc34)C2=O)(c2ccc(F)cc2)CC1.Cl. The maximum atomic E-state index is 13.7. The van der Waals surface area contributed by atoms with Crippen molar-refractivity contribution in [3.8, 4) is 0 Å². The molecule has 3 aromatic carbocycles. The predicted molar refractivity (Wildman–Crippen MR) is 135 cm³/mol. The highest BCUT2D eigenvalue weighted by atomic mass is 35.5. The highest BCUT2D eigenvalue weighted by Gasteiger charge is 2.44. The number of halogens is 3. The topological polar surface area (TPSA) is 23.6 Å². The molecular weight excluding hydrogens is 458 g/mol. The summed E-state index contributed by atoms with van der Waals surface area (Å²) in [4.78, 5) is 17.9. The van der Waals surface area contributed by atoms with Crippen molar-refractivity contribution in [2.75, 3.05) is 26.7 Å². The summed E-state index contributed by atoms with van der Waals surface area (Å²) in [5.41, 5.74) is 2.56. The zero-order chi connectivity index (χ0) is 22.3. The van der Waals surface area contributed by atoms with E-state index in [1.54, 1.807) is 0 Å². The summed E-state index contributed by atoms with van der Waals surface area (Å²) >= 11 is 6.37. The standard InChI is InChI=1S/C27H26ClFN2O.ClH/c1-30-14-11-27(12-15-30,21-6-8-23(29)9-7-21)25-10-13-31(26(25)32)18-20-17-22(28)16-19-4-2-3-5-24(19)20;/h2-10,16-17H,11-15,18H2,1H3;1H. The van der Waals surface area contributed by atoms with Gasteiger partial charge in [0, 0.05) is 29.1 Å². The molecule has 0 unspecified atom stereocenters. The van der Waals surface area contributed by atoms with Gasteiger partial charge in [0.15, 0.2) is 0 Å². The van der Waals surface area contributed by atoms with Gasteiger partial charge in [0.1, 0.15) is 5.82 Å². The number of nitrogens with zero attached hydrogens (tertiary/aromatic N) is 2. The number of amides is 1. The molecule has 3 nitrogen and oxygen atoms in total. The van der Waals surface area contributed by atoms with Crippen LogP contribution in [0.3, 0.4) is 0 Å². The molecule has 2 aliphatic heterocycles. The third kappa shape index (κ3) is 4.40. The fourth-order valence-corrected chi connectivity index (χ4v) is 5.50. The van der Waals surface area contributed by atoms with Crippen LogP contribution in [0.4, 0.5) is 4.39 Å². The molecule has 0 radical (unpaired) electrons. The molecule has 3 aromatic rings. The number of benzene rings is 3. The van der Waals surface area contributed by atoms with Crippen molar-refractivity contribution < 1.29 is 9.18 Å². The number of carbonyl (C=O) groups excluding carboxylic acids is 1. The largest absolute Gasteiger partial charge is 0.331 e. The summed E-state index contributed by atoms with van der Waals surface area (Å²) in [7, 11) is 2.11. The smallest absolute Gasteiger partial charge is 0.251 e. The number of hydrogen-bond acceptors (Lipinski definition) is 2. The number of fused-ring (bicyclic) bond motifs is 1. The summed E-state index contributed by atoms with van der Waals surface area (Å²) in [6.45, 7) is 2.90. The van der Waals surface area contributed by atoms with Crippen molar-refractivity contribution >= 4 is 40.7 Å². The maximum Gasteiger partial charge on any atom is 0.251 e. The summed E-state index contributed by atoms with van der Waals surface area (Å²) < 4.78 is 13.7. The van der Waals surface area contributed by atoms with Gasteiger partial charge in [-0.1, -0.05) is 54.1 Å². The lowest BCUT2D eigenvalue weighted by Crippen LogP contribution is -2.44. The molecule has 0 spiro atoms. The van der Waals surface area contributed by atoms with Gasteiger partial charge in [-0.05, 0) is 79.1 Å². The average Bonchev–Trinajstić information content (AvgIpc) is 3.15. The second-order valence-electron chi connectivity index (χ2n) is 8.98. The van der Waals surface area contributed by atoms with E-state index >= 15 is 0 Å². The van der Waals surface area contributed by atoms with Crippen LogP contribution in [0.1, 0.15) is 24.0 Å². The molecule has 6 heteroatoms. The Labute approximate surface area is 205 Å². The Hall–Kier alpha value is -2.40. The molecular formula is C27H27Cl2FN2O. The quantitative estimate of drug-likeness (QED) is 0.454.